The molecule has 0 aliphatic carbocycles. The van der Waals surface area contributed by atoms with Gasteiger partial charge >= 0.3 is 0 Å². The van der Waals surface area contributed by atoms with Gasteiger partial charge in [-0.25, -0.2) is 0 Å². The van der Waals surface area contributed by atoms with Gasteiger partial charge in [0.1, 0.15) is 11.4 Å². The Balaban J connectivity index is 1.35. The van der Waals surface area contributed by atoms with E-state index in [0.717, 1.165) is 13.8 Å². The van der Waals surface area contributed by atoms with Crippen LogP contribution in [0.25, 0.3) is 0 Å². The molecule has 4 atom stereocenters. The van der Waals surface area contributed by atoms with E-state index in [9.17, 15) is 28.8 Å². The Morgan fingerprint density at radius 3 is 1.22 bits per heavy atom. The SMILES string of the molecule is CCOc1c(NC(=O)C(N=Nc2cccc(C(=O)Nc3ccccc3C(C)Cl)c2Cl)C(C)=O)ccc(NC(=O)C(N=Nc2cccc(C(=O)Nc3ccccc3C(C)Cl)c2Cl)C(C)=O)c1OCC. The summed E-state index contributed by atoms with van der Waals surface area (Å²) in [6.07, 6.45) is 0. The maximum atomic E-state index is 13.7. The molecule has 0 heterocycles. The van der Waals surface area contributed by atoms with Gasteiger partial charge in [0.15, 0.2) is 23.1 Å². The summed E-state index contributed by atoms with van der Waals surface area (Å²) in [5, 5.41) is 26.0. The van der Waals surface area contributed by atoms with E-state index in [1.165, 1.54) is 48.5 Å². The van der Waals surface area contributed by atoms with Gasteiger partial charge in [0.05, 0.1) is 56.5 Å². The first-order valence-electron chi connectivity index (χ1n) is 21.0. The van der Waals surface area contributed by atoms with Crippen LogP contribution in [0.5, 0.6) is 11.5 Å². The summed E-state index contributed by atoms with van der Waals surface area (Å²) in [7, 11) is 0. The first-order valence-corrected chi connectivity index (χ1v) is 22.6. The number of carbonyl (C=O) groups is 6. The van der Waals surface area contributed by atoms with Crippen molar-refractivity contribution in [1.29, 1.82) is 0 Å². The molecule has 4 unspecified atom stereocenters. The van der Waals surface area contributed by atoms with Gasteiger partial charge in [0.2, 0.25) is 12.1 Å². The van der Waals surface area contributed by atoms with Gasteiger partial charge in [0.25, 0.3) is 23.6 Å². The Kier molecular flexibility index (Phi) is 18.7. The second-order valence-electron chi connectivity index (χ2n) is 14.7. The number of anilines is 4. The van der Waals surface area contributed by atoms with Crippen molar-refractivity contribution >= 4 is 116 Å². The van der Waals surface area contributed by atoms with E-state index in [4.69, 9.17) is 55.9 Å². The predicted molar refractivity (Wildman–Crippen MR) is 264 cm³/mol. The fraction of sp³-hybridized carbons (Fsp3) is 0.250. The van der Waals surface area contributed by atoms with Gasteiger partial charge in [-0.1, -0.05) is 71.7 Å². The van der Waals surface area contributed by atoms with Crippen LogP contribution in [-0.2, 0) is 19.2 Å². The molecule has 5 aromatic rings. The van der Waals surface area contributed by atoms with Crippen molar-refractivity contribution in [3.05, 3.63) is 129 Å². The molecule has 68 heavy (non-hydrogen) atoms. The van der Waals surface area contributed by atoms with Crippen molar-refractivity contribution in [2.45, 2.75) is 64.4 Å². The molecule has 0 fully saturated rings. The minimum Gasteiger partial charge on any atom is -0.488 e. The van der Waals surface area contributed by atoms with Gasteiger partial charge in [-0.05, 0) is 101 Å². The van der Waals surface area contributed by atoms with Crippen LogP contribution in [0.15, 0.2) is 118 Å². The summed E-state index contributed by atoms with van der Waals surface area (Å²) in [6.45, 7) is 9.30. The molecule has 4 N–H and O–H groups in total. The van der Waals surface area contributed by atoms with Crippen LogP contribution in [0.1, 0.15) is 84.1 Å². The smallest absolute Gasteiger partial charge is 0.258 e. The van der Waals surface area contributed by atoms with Crippen LogP contribution in [0.2, 0.25) is 10.0 Å². The minimum absolute atomic E-state index is 0.00793. The number of halogens is 4. The average molecular weight is 1000 g/mol. The van der Waals surface area contributed by atoms with Crippen LogP contribution < -0.4 is 30.7 Å². The van der Waals surface area contributed by atoms with E-state index in [1.807, 2.05) is 0 Å². The molecule has 5 rings (SSSR count). The zero-order valence-electron chi connectivity index (χ0n) is 37.5. The van der Waals surface area contributed by atoms with Gasteiger partial charge in [-0.15, -0.1) is 23.2 Å². The third kappa shape index (κ3) is 13.0. The largest absolute Gasteiger partial charge is 0.488 e. The number of rotatable bonds is 20. The number of nitrogens with one attached hydrogen (secondary N) is 4. The van der Waals surface area contributed by atoms with Gasteiger partial charge < -0.3 is 30.7 Å². The molecular formula is C48H46Cl4N8O8. The second-order valence-corrected chi connectivity index (χ2v) is 16.8. The van der Waals surface area contributed by atoms with Crippen molar-refractivity contribution in [3.63, 3.8) is 0 Å². The third-order valence-electron chi connectivity index (χ3n) is 9.75. The highest BCUT2D eigenvalue weighted by molar-refractivity contribution is 6.37. The summed E-state index contributed by atoms with van der Waals surface area (Å²) in [5.41, 5.74) is 2.55. The maximum Gasteiger partial charge on any atom is 0.258 e. The van der Waals surface area contributed by atoms with Crippen molar-refractivity contribution in [2.24, 2.45) is 20.5 Å². The minimum atomic E-state index is -1.69. The van der Waals surface area contributed by atoms with E-state index in [1.54, 1.807) is 76.2 Å². The molecule has 5 aromatic carbocycles. The van der Waals surface area contributed by atoms with Crippen LogP contribution in [-0.4, -0.2) is 60.5 Å². The molecule has 0 saturated heterocycles. The van der Waals surface area contributed by atoms with Crippen molar-refractivity contribution < 1.29 is 38.2 Å². The number of hydrogen-bond donors (Lipinski definition) is 4. The Morgan fingerprint density at radius 2 is 0.882 bits per heavy atom. The number of para-hydroxylation sites is 2. The number of carbonyl (C=O) groups excluding carboxylic acids is 6. The Morgan fingerprint density at radius 1 is 0.515 bits per heavy atom. The Hall–Kier alpha value is -6.72. The predicted octanol–water partition coefficient (Wildman–Crippen LogP) is 12.3. The van der Waals surface area contributed by atoms with Crippen molar-refractivity contribution in [1.82, 2.24) is 0 Å². The summed E-state index contributed by atoms with van der Waals surface area (Å²) >= 11 is 25.8. The highest BCUT2D eigenvalue weighted by Gasteiger charge is 2.29. The number of benzene rings is 5. The number of alkyl halides is 2. The summed E-state index contributed by atoms with van der Waals surface area (Å²) in [5.74, 6) is -4.36. The Bertz CT molecular complexity index is 2600. The lowest BCUT2D eigenvalue weighted by Gasteiger charge is -2.20. The van der Waals surface area contributed by atoms with Gasteiger partial charge in [0, 0.05) is 11.4 Å². The molecule has 20 heteroatoms. The molecule has 0 radical (unpaired) electrons. The molecule has 0 saturated carbocycles. The standard InChI is InChI=1S/C48H46Cl4N8O8/c1-7-67-43-37(55-47(65)41(27(5)61)59-57-35-21-13-17-31(39(35)51)45(63)53-33-19-11-9-15-29(33)25(3)49)23-24-38(44(43)68-8-2)56-48(66)42(28(6)62)60-58-36-22-14-18-32(40(36)52)46(64)54-34-20-12-10-16-30(34)26(4)50/h9-26,41-42H,7-8H2,1-6H3,(H,53,63)(H,54,64)(H,55,65)(H,56,66). The quantitative estimate of drug-likeness (QED) is 0.0333. The molecular weight excluding hydrogens is 958 g/mol. The lowest BCUT2D eigenvalue weighted by molar-refractivity contribution is -0.127. The highest BCUT2D eigenvalue weighted by atomic mass is 35.5. The fourth-order valence-corrected chi connectivity index (χ4v) is 7.33. The number of amides is 4. The number of Topliss-reactive ketones (excluding diaryl/α,β-unsaturated/α-hetero) is 2. The van der Waals surface area contributed by atoms with E-state index >= 15 is 0 Å². The maximum absolute atomic E-state index is 13.7. The Labute approximate surface area is 412 Å². The average Bonchev–Trinajstić information content (AvgIpc) is 3.29. The first-order chi connectivity index (χ1) is 32.5. The highest BCUT2D eigenvalue weighted by Crippen LogP contribution is 2.43. The van der Waals surface area contributed by atoms with Gasteiger partial charge in [-0.2, -0.15) is 20.5 Å². The summed E-state index contributed by atoms with van der Waals surface area (Å²) in [6, 6.07) is 22.3. The van der Waals surface area contributed by atoms with E-state index in [2.05, 4.69) is 41.7 Å². The number of hydrogen-bond acceptors (Lipinski definition) is 12. The van der Waals surface area contributed by atoms with Crippen LogP contribution >= 0.6 is 46.4 Å². The molecule has 0 bridgehead atoms. The molecule has 0 spiro atoms. The molecule has 0 aliphatic heterocycles. The summed E-state index contributed by atoms with van der Waals surface area (Å²) in [4.78, 5) is 79.7. The van der Waals surface area contributed by atoms with E-state index in [-0.39, 0.29) is 68.6 Å². The second kappa shape index (κ2) is 24.3. The molecule has 4 amide bonds. The molecule has 16 nitrogen and oxygen atoms in total. The number of nitrogens with zero attached hydrogens (tertiary/aromatic N) is 4. The molecule has 0 aliphatic rings. The lowest BCUT2D eigenvalue weighted by Crippen LogP contribution is -2.32. The topological polar surface area (TPSA) is 218 Å². The van der Waals surface area contributed by atoms with Crippen molar-refractivity contribution in [2.75, 3.05) is 34.5 Å². The fourth-order valence-electron chi connectivity index (χ4n) is 6.45. The normalized spacial score (nSPS) is 13.0. The summed E-state index contributed by atoms with van der Waals surface area (Å²) < 4.78 is 11.8. The third-order valence-corrected chi connectivity index (χ3v) is 11.0. The van der Waals surface area contributed by atoms with Crippen LogP contribution in [0.3, 0.4) is 0 Å². The van der Waals surface area contributed by atoms with Crippen molar-refractivity contribution in [3.8, 4) is 11.5 Å². The van der Waals surface area contributed by atoms with Gasteiger partial charge in [-0.3, -0.25) is 28.8 Å². The first kappa shape index (κ1) is 52.3. The number of ether oxygens (including phenoxy) is 2. The monoisotopic (exact) mass is 1000 g/mol. The molecule has 0 aromatic heterocycles. The van der Waals surface area contributed by atoms with Crippen LogP contribution in [0.4, 0.5) is 34.1 Å². The van der Waals surface area contributed by atoms with E-state index in [0.29, 0.717) is 22.5 Å². The zero-order valence-corrected chi connectivity index (χ0v) is 40.6. The molecule has 354 valence electrons. The van der Waals surface area contributed by atoms with Crippen LogP contribution in [0, 0.1) is 0 Å². The lowest BCUT2D eigenvalue weighted by atomic mass is 10.1. The van der Waals surface area contributed by atoms with E-state index < -0.39 is 58.0 Å². The zero-order chi connectivity index (χ0) is 49.7. The number of azo groups is 2. The number of ketones is 2.